The molecular formula is C20H22Cl2FN5O3S. The third-order valence-electron chi connectivity index (χ3n) is 4.98. The highest BCUT2D eigenvalue weighted by atomic mass is 35.5. The summed E-state index contributed by atoms with van der Waals surface area (Å²) in [5.74, 6) is -1.04. The van der Waals surface area contributed by atoms with Gasteiger partial charge in [0.25, 0.3) is 5.91 Å². The van der Waals surface area contributed by atoms with Crippen LogP contribution >= 0.6 is 23.2 Å². The van der Waals surface area contributed by atoms with Crippen molar-refractivity contribution in [2.24, 2.45) is 5.41 Å². The van der Waals surface area contributed by atoms with Crippen LogP contribution in [0.4, 0.5) is 10.2 Å². The van der Waals surface area contributed by atoms with Crippen LogP contribution in [0.2, 0.25) is 10.2 Å². The zero-order valence-corrected chi connectivity index (χ0v) is 20.3. The number of halogens is 3. The van der Waals surface area contributed by atoms with E-state index in [1.165, 1.54) is 22.8 Å². The van der Waals surface area contributed by atoms with Crippen molar-refractivity contribution < 1.29 is 17.6 Å². The van der Waals surface area contributed by atoms with Crippen LogP contribution in [-0.2, 0) is 10.0 Å². The Morgan fingerprint density at radius 3 is 2.47 bits per heavy atom. The Morgan fingerprint density at radius 1 is 1.25 bits per heavy atom. The molecule has 0 fully saturated rings. The maximum Gasteiger partial charge on any atom is 0.270 e. The largest absolute Gasteiger partial charge is 0.366 e. The van der Waals surface area contributed by atoms with Crippen molar-refractivity contribution in [2.75, 3.05) is 11.6 Å². The van der Waals surface area contributed by atoms with Gasteiger partial charge in [0.1, 0.15) is 22.4 Å². The minimum Gasteiger partial charge on any atom is -0.366 e. The summed E-state index contributed by atoms with van der Waals surface area (Å²) in [4.78, 5) is 16.8. The molecule has 0 bridgehead atoms. The van der Waals surface area contributed by atoms with E-state index < -0.39 is 21.7 Å². The summed E-state index contributed by atoms with van der Waals surface area (Å²) < 4.78 is 39.9. The molecule has 0 radical (unpaired) electrons. The number of hydrogen-bond acceptors (Lipinski definition) is 6. The minimum atomic E-state index is -3.80. The molecule has 2 aromatic heterocycles. The molecule has 2 N–H and O–H groups in total. The van der Waals surface area contributed by atoms with Gasteiger partial charge < -0.3 is 5.32 Å². The fourth-order valence-electron chi connectivity index (χ4n) is 2.84. The molecule has 1 aromatic carbocycles. The molecule has 32 heavy (non-hydrogen) atoms. The summed E-state index contributed by atoms with van der Waals surface area (Å²) in [6, 6.07) is 3.76. The van der Waals surface area contributed by atoms with Gasteiger partial charge >= 0.3 is 0 Å². The summed E-state index contributed by atoms with van der Waals surface area (Å²) in [6.45, 7) is 8.05. The summed E-state index contributed by atoms with van der Waals surface area (Å²) >= 11 is 12.8. The van der Waals surface area contributed by atoms with Gasteiger partial charge in [0.05, 0.1) is 23.0 Å². The van der Waals surface area contributed by atoms with Gasteiger partial charge in [-0.25, -0.2) is 22.5 Å². The quantitative estimate of drug-likeness (QED) is 0.502. The first kappa shape index (κ1) is 24.2. The Morgan fingerprint density at radius 2 is 1.91 bits per heavy atom. The SMILES string of the molecule is C[C@@H](Nc1c(-c2ccc(F)cc2Cl)c(Cl)nc2c(C(=O)NS(C)(=O)=O)cnn12)C(C)(C)C. The maximum atomic E-state index is 13.7. The number of carbonyl (C=O) groups is 1. The standard InChI is InChI=1S/C20H22Cl2FN5O3S/c1-10(20(2,3)4)25-18-15(12-7-6-11(23)8-14(12)21)16(22)26-17-13(9-24-28(17)18)19(29)27-32(5,30)31/h6-10,25H,1-5H3,(H,27,29)/t10-/m1/s1. The van der Waals surface area contributed by atoms with E-state index in [1.54, 1.807) is 0 Å². The highest BCUT2D eigenvalue weighted by molar-refractivity contribution is 7.89. The van der Waals surface area contributed by atoms with E-state index in [4.69, 9.17) is 23.2 Å². The number of carbonyl (C=O) groups excluding carboxylic acids is 1. The van der Waals surface area contributed by atoms with E-state index in [-0.39, 0.29) is 32.8 Å². The molecule has 1 amide bonds. The molecule has 0 unspecified atom stereocenters. The fourth-order valence-corrected chi connectivity index (χ4v) is 3.81. The third kappa shape index (κ3) is 4.97. The number of rotatable bonds is 5. The van der Waals surface area contributed by atoms with Crippen LogP contribution in [0.15, 0.2) is 24.4 Å². The number of fused-ring (bicyclic) bond motifs is 1. The van der Waals surface area contributed by atoms with Crippen LogP contribution in [0.3, 0.4) is 0 Å². The second-order valence-corrected chi connectivity index (χ2v) is 11.0. The molecule has 0 aliphatic carbocycles. The van der Waals surface area contributed by atoms with Crippen molar-refractivity contribution in [3.8, 4) is 11.1 Å². The van der Waals surface area contributed by atoms with E-state index >= 15 is 0 Å². The number of amides is 1. The Bertz CT molecular complexity index is 1320. The third-order valence-corrected chi connectivity index (χ3v) is 6.12. The number of anilines is 1. The summed E-state index contributed by atoms with van der Waals surface area (Å²) in [5, 5.41) is 7.68. The average Bonchev–Trinajstić information content (AvgIpc) is 3.04. The van der Waals surface area contributed by atoms with Crippen molar-refractivity contribution in [2.45, 2.75) is 33.7 Å². The zero-order valence-electron chi connectivity index (χ0n) is 18.0. The summed E-state index contributed by atoms with van der Waals surface area (Å²) in [5.41, 5.74) is 0.546. The number of nitrogens with one attached hydrogen (secondary N) is 2. The molecule has 0 saturated carbocycles. The molecule has 8 nitrogen and oxygen atoms in total. The van der Waals surface area contributed by atoms with E-state index in [0.717, 1.165) is 12.3 Å². The lowest BCUT2D eigenvalue weighted by atomic mass is 9.88. The van der Waals surface area contributed by atoms with E-state index in [0.29, 0.717) is 16.9 Å². The van der Waals surface area contributed by atoms with Crippen LogP contribution < -0.4 is 10.0 Å². The smallest absolute Gasteiger partial charge is 0.270 e. The first-order chi connectivity index (χ1) is 14.7. The molecular weight excluding hydrogens is 480 g/mol. The van der Waals surface area contributed by atoms with Crippen LogP contribution in [0.1, 0.15) is 38.1 Å². The van der Waals surface area contributed by atoms with Crippen molar-refractivity contribution >= 4 is 50.6 Å². The van der Waals surface area contributed by atoms with Crippen molar-refractivity contribution in [1.29, 1.82) is 0 Å². The summed E-state index contributed by atoms with van der Waals surface area (Å²) in [7, 11) is -3.80. The molecule has 12 heteroatoms. The van der Waals surface area contributed by atoms with Crippen LogP contribution in [0.25, 0.3) is 16.8 Å². The maximum absolute atomic E-state index is 13.7. The predicted octanol–water partition coefficient (Wildman–Crippen LogP) is 4.38. The molecule has 3 rings (SSSR count). The van der Waals surface area contributed by atoms with Gasteiger partial charge in [0.2, 0.25) is 10.0 Å². The molecule has 0 saturated heterocycles. The predicted molar refractivity (Wildman–Crippen MR) is 123 cm³/mol. The van der Waals surface area contributed by atoms with Crippen LogP contribution in [0.5, 0.6) is 0 Å². The topological polar surface area (TPSA) is 105 Å². The second-order valence-electron chi connectivity index (χ2n) is 8.48. The fraction of sp³-hybridized carbons (Fsp3) is 0.350. The first-order valence-electron chi connectivity index (χ1n) is 9.50. The Labute approximate surface area is 195 Å². The van der Waals surface area contributed by atoms with Crippen molar-refractivity contribution in [3.63, 3.8) is 0 Å². The molecule has 1 atom stereocenters. The van der Waals surface area contributed by atoms with Gasteiger partial charge in [-0.1, -0.05) is 44.0 Å². The Kier molecular flexibility index (Phi) is 6.43. The van der Waals surface area contributed by atoms with E-state index in [2.05, 4.69) is 15.4 Å². The summed E-state index contributed by atoms with van der Waals surface area (Å²) in [6.07, 6.45) is 2.06. The van der Waals surface area contributed by atoms with Crippen LogP contribution in [0, 0.1) is 11.2 Å². The van der Waals surface area contributed by atoms with E-state index in [9.17, 15) is 17.6 Å². The molecule has 0 spiro atoms. The first-order valence-corrected chi connectivity index (χ1v) is 12.1. The highest BCUT2D eigenvalue weighted by Gasteiger charge is 2.27. The Hall–Kier alpha value is -2.43. The number of aromatic nitrogens is 3. The normalized spacial score (nSPS) is 13.2. The minimum absolute atomic E-state index is 0.0245. The highest BCUT2D eigenvalue weighted by Crippen LogP contribution is 2.40. The zero-order chi connectivity index (χ0) is 24.0. The number of sulfonamides is 1. The lowest BCUT2D eigenvalue weighted by Gasteiger charge is -2.30. The van der Waals surface area contributed by atoms with Gasteiger partial charge in [0.15, 0.2) is 5.65 Å². The van der Waals surface area contributed by atoms with Crippen molar-refractivity contribution in [3.05, 3.63) is 46.0 Å². The average molecular weight is 502 g/mol. The van der Waals surface area contributed by atoms with Gasteiger partial charge in [-0.2, -0.15) is 9.61 Å². The van der Waals surface area contributed by atoms with Crippen molar-refractivity contribution in [1.82, 2.24) is 19.3 Å². The van der Waals surface area contributed by atoms with Gasteiger partial charge in [-0.3, -0.25) is 4.79 Å². The second kappa shape index (κ2) is 8.49. The molecule has 0 aliphatic heterocycles. The molecule has 172 valence electrons. The van der Waals surface area contributed by atoms with Crippen LogP contribution in [-0.4, -0.2) is 41.2 Å². The number of hydrogen-bond donors (Lipinski definition) is 2. The number of nitrogens with zero attached hydrogens (tertiary/aromatic N) is 3. The monoisotopic (exact) mass is 501 g/mol. The lowest BCUT2D eigenvalue weighted by molar-refractivity contribution is 0.0983. The molecule has 2 heterocycles. The molecule has 0 aliphatic rings. The Balaban J connectivity index is 2.30. The van der Waals surface area contributed by atoms with E-state index in [1.807, 2.05) is 32.4 Å². The van der Waals surface area contributed by atoms with Gasteiger partial charge in [0, 0.05) is 11.6 Å². The molecule has 3 aromatic rings. The van der Waals surface area contributed by atoms with Gasteiger partial charge in [-0.15, -0.1) is 0 Å². The lowest BCUT2D eigenvalue weighted by Crippen LogP contribution is -2.32. The number of benzene rings is 1. The van der Waals surface area contributed by atoms with Gasteiger partial charge in [-0.05, 0) is 30.5 Å².